The summed E-state index contributed by atoms with van der Waals surface area (Å²) in [5.41, 5.74) is 0. The molecule has 0 saturated carbocycles. The van der Waals surface area contributed by atoms with Crippen LogP contribution in [0.2, 0.25) is 0 Å². The average Bonchev–Trinajstić information content (AvgIpc) is 1.62. The standard InChI is InChI=1S/C8H8.Na/c1-2-4-6-8-7-5-3-1;/h1-8H;. The molecule has 0 heterocycles. The third kappa shape index (κ3) is 4.46. The van der Waals surface area contributed by atoms with E-state index in [4.69, 9.17) is 0 Å². The second kappa shape index (κ2) is 6.09. The van der Waals surface area contributed by atoms with Crippen molar-refractivity contribution in [1.29, 1.82) is 0 Å². The first-order chi connectivity index (χ1) is 4.00. The maximum absolute atomic E-state index is 2.00. The fourth-order valence-corrected chi connectivity index (χ4v) is 0.513. The van der Waals surface area contributed by atoms with Crippen LogP contribution in [-0.2, 0) is 0 Å². The van der Waals surface area contributed by atoms with Crippen molar-refractivity contribution in [2.45, 2.75) is 0 Å². The minimum atomic E-state index is 0. The number of rotatable bonds is 0. The maximum atomic E-state index is 2.00. The monoisotopic (exact) mass is 127 g/mol. The van der Waals surface area contributed by atoms with Crippen molar-refractivity contribution in [3.8, 4) is 0 Å². The van der Waals surface area contributed by atoms with E-state index in [1.54, 1.807) is 0 Å². The van der Waals surface area contributed by atoms with Gasteiger partial charge in [0.2, 0.25) is 0 Å². The summed E-state index contributed by atoms with van der Waals surface area (Å²) < 4.78 is 0. The zero-order chi connectivity index (χ0) is 5.66. The first kappa shape index (κ1) is 8.96. The summed E-state index contributed by atoms with van der Waals surface area (Å²) in [4.78, 5) is 0. The number of allylic oxidation sites excluding steroid dienone is 8. The van der Waals surface area contributed by atoms with E-state index in [2.05, 4.69) is 0 Å². The molecule has 0 aliphatic heterocycles. The normalized spacial score (nSPS) is 14.2. The predicted octanol–water partition coefficient (Wildman–Crippen LogP) is 1.84. The van der Waals surface area contributed by atoms with Crippen molar-refractivity contribution in [3.05, 3.63) is 48.6 Å². The van der Waals surface area contributed by atoms with E-state index < -0.39 is 0 Å². The Balaban J connectivity index is 0.000000640. The van der Waals surface area contributed by atoms with Crippen LogP contribution in [0.15, 0.2) is 48.6 Å². The predicted molar refractivity (Wildman–Crippen MR) is 42.3 cm³/mol. The van der Waals surface area contributed by atoms with E-state index >= 15 is 0 Å². The van der Waals surface area contributed by atoms with Gasteiger partial charge in [0.1, 0.15) is 0 Å². The van der Waals surface area contributed by atoms with Gasteiger partial charge in [-0.25, -0.2) is 0 Å². The molecular weight excluding hydrogens is 119 g/mol. The Kier molecular flexibility index (Phi) is 6.06. The van der Waals surface area contributed by atoms with Gasteiger partial charge in [-0.3, -0.25) is 0 Å². The molecule has 9 heavy (non-hydrogen) atoms. The molecule has 0 N–H and O–H groups in total. The third-order valence-corrected chi connectivity index (χ3v) is 0.889. The number of hydrogen-bond donors (Lipinski definition) is 0. The maximum Gasteiger partial charge on any atom is 0 e. The SMILES string of the molecule is C1=CC=CC=CC=C1.[Na]. The van der Waals surface area contributed by atoms with Crippen LogP contribution in [0.1, 0.15) is 0 Å². The summed E-state index contributed by atoms with van der Waals surface area (Å²) in [6, 6.07) is 0. The minimum Gasteiger partial charge on any atom is -0.0623 e. The van der Waals surface area contributed by atoms with Crippen LogP contribution in [0.4, 0.5) is 0 Å². The fraction of sp³-hybridized carbons (Fsp3) is 0. The molecule has 0 fully saturated rings. The molecule has 1 rings (SSSR count). The van der Waals surface area contributed by atoms with Gasteiger partial charge in [0.25, 0.3) is 0 Å². The molecule has 0 saturated heterocycles. The van der Waals surface area contributed by atoms with E-state index in [9.17, 15) is 0 Å². The molecule has 0 unspecified atom stereocenters. The smallest absolute Gasteiger partial charge is 0 e. The van der Waals surface area contributed by atoms with Gasteiger partial charge in [-0.2, -0.15) is 0 Å². The van der Waals surface area contributed by atoms with Gasteiger partial charge in [-0.15, -0.1) is 0 Å². The Morgan fingerprint density at radius 3 is 0.556 bits per heavy atom. The minimum absolute atomic E-state index is 0. The molecule has 0 atom stereocenters. The summed E-state index contributed by atoms with van der Waals surface area (Å²) in [6.07, 6.45) is 16.0. The first-order valence-electron chi connectivity index (χ1n) is 2.67. The molecule has 1 aliphatic carbocycles. The topological polar surface area (TPSA) is 0 Å². The van der Waals surface area contributed by atoms with E-state index in [1.807, 2.05) is 48.6 Å². The van der Waals surface area contributed by atoms with E-state index in [0.29, 0.717) is 0 Å². The van der Waals surface area contributed by atoms with E-state index in [1.165, 1.54) is 0 Å². The zero-order valence-electron chi connectivity index (χ0n) is 5.62. The van der Waals surface area contributed by atoms with Gasteiger partial charge >= 0.3 is 0 Å². The number of hydrogen-bond acceptors (Lipinski definition) is 0. The second-order valence-electron chi connectivity index (χ2n) is 1.54. The summed E-state index contributed by atoms with van der Waals surface area (Å²) in [5, 5.41) is 0. The van der Waals surface area contributed by atoms with Crippen LogP contribution in [0.5, 0.6) is 0 Å². The fourth-order valence-electron chi connectivity index (χ4n) is 0.513. The molecule has 0 aromatic rings. The molecule has 0 spiro atoms. The van der Waals surface area contributed by atoms with Gasteiger partial charge in [0.15, 0.2) is 0 Å². The van der Waals surface area contributed by atoms with Crippen LogP contribution in [0, 0.1) is 0 Å². The van der Waals surface area contributed by atoms with Gasteiger partial charge in [0, 0.05) is 29.6 Å². The van der Waals surface area contributed by atoms with Crippen LogP contribution in [-0.4, -0.2) is 29.6 Å². The molecule has 0 nitrogen and oxygen atoms in total. The molecule has 0 amide bonds. The van der Waals surface area contributed by atoms with Crippen LogP contribution < -0.4 is 0 Å². The van der Waals surface area contributed by atoms with Gasteiger partial charge in [-0.05, 0) is 0 Å². The quantitative estimate of drug-likeness (QED) is 0.435. The van der Waals surface area contributed by atoms with Crippen molar-refractivity contribution < 1.29 is 0 Å². The van der Waals surface area contributed by atoms with Gasteiger partial charge in [-0.1, -0.05) is 48.6 Å². The van der Waals surface area contributed by atoms with Crippen molar-refractivity contribution in [3.63, 3.8) is 0 Å². The third-order valence-electron chi connectivity index (χ3n) is 0.889. The van der Waals surface area contributed by atoms with Crippen molar-refractivity contribution in [1.82, 2.24) is 0 Å². The molecule has 1 heteroatoms. The summed E-state index contributed by atoms with van der Waals surface area (Å²) in [7, 11) is 0. The molecule has 1 radical (unpaired) electrons. The Morgan fingerprint density at radius 2 is 0.444 bits per heavy atom. The molecular formula is C8H8Na. The van der Waals surface area contributed by atoms with E-state index in [0.717, 1.165) is 0 Å². The van der Waals surface area contributed by atoms with Crippen LogP contribution in [0.3, 0.4) is 0 Å². The zero-order valence-corrected chi connectivity index (χ0v) is 7.62. The Morgan fingerprint density at radius 1 is 0.333 bits per heavy atom. The average molecular weight is 127 g/mol. The summed E-state index contributed by atoms with van der Waals surface area (Å²) >= 11 is 0. The van der Waals surface area contributed by atoms with Crippen molar-refractivity contribution in [2.75, 3.05) is 0 Å². The molecule has 0 aromatic carbocycles. The summed E-state index contributed by atoms with van der Waals surface area (Å²) in [6.45, 7) is 0. The van der Waals surface area contributed by atoms with Crippen molar-refractivity contribution in [2.24, 2.45) is 0 Å². The van der Waals surface area contributed by atoms with Gasteiger partial charge in [0.05, 0.1) is 0 Å². The molecule has 1 aliphatic rings. The van der Waals surface area contributed by atoms with E-state index in [-0.39, 0.29) is 29.6 Å². The Hall–Kier alpha value is -0.0400. The Bertz CT molecular complexity index is 105. The summed E-state index contributed by atoms with van der Waals surface area (Å²) in [5.74, 6) is 0. The molecule has 0 bridgehead atoms. The second-order valence-corrected chi connectivity index (χ2v) is 1.54. The van der Waals surface area contributed by atoms with Crippen molar-refractivity contribution >= 4 is 29.6 Å². The first-order valence-corrected chi connectivity index (χ1v) is 2.67. The molecule has 0 aromatic heterocycles. The molecule has 41 valence electrons. The van der Waals surface area contributed by atoms with Crippen LogP contribution in [0.25, 0.3) is 0 Å². The Labute approximate surface area is 77.9 Å². The largest absolute Gasteiger partial charge is 0.0623 e. The van der Waals surface area contributed by atoms with Crippen LogP contribution >= 0.6 is 0 Å². The van der Waals surface area contributed by atoms with Gasteiger partial charge < -0.3 is 0 Å².